The molecule has 0 heteroatoms. The molecular weight excluding hydrogens is 324 g/mol. The summed E-state index contributed by atoms with van der Waals surface area (Å²) in [5.41, 5.74) is 10.6. The highest BCUT2D eigenvalue weighted by Crippen LogP contribution is 2.43. The molecule has 0 nitrogen and oxygen atoms in total. The van der Waals surface area contributed by atoms with E-state index in [0.29, 0.717) is 0 Å². The highest BCUT2D eigenvalue weighted by Gasteiger charge is 2.25. The fourth-order valence-electron chi connectivity index (χ4n) is 5.61. The van der Waals surface area contributed by atoms with Crippen LogP contribution in [0, 0.1) is 23.7 Å². The van der Waals surface area contributed by atoms with Crippen molar-refractivity contribution in [2.75, 3.05) is 0 Å². The summed E-state index contributed by atoms with van der Waals surface area (Å²) in [4.78, 5) is 0. The summed E-state index contributed by atoms with van der Waals surface area (Å²) in [5, 5.41) is 0. The van der Waals surface area contributed by atoms with Gasteiger partial charge in [-0.25, -0.2) is 0 Å². The van der Waals surface area contributed by atoms with Crippen molar-refractivity contribution in [1.29, 1.82) is 0 Å². The Morgan fingerprint density at radius 1 is 0.370 bits per heavy atom. The molecule has 0 saturated carbocycles. The van der Waals surface area contributed by atoms with Gasteiger partial charge in [0.15, 0.2) is 0 Å². The summed E-state index contributed by atoms with van der Waals surface area (Å²) in [6.07, 6.45) is 12.4. The zero-order chi connectivity index (χ0) is 20.1. The van der Waals surface area contributed by atoms with Crippen LogP contribution in [0.3, 0.4) is 0 Å². The minimum Gasteiger partial charge on any atom is -0.0682 e. The molecular formula is C27H46. The van der Waals surface area contributed by atoms with Gasteiger partial charge in [-0.15, -0.1) is 0 Å². The van der Waals surface area contributed by atoms with Gasteiger partial charge < -0.3 is 0 Å². The molecule has 0 aliphatic heterocycles. The van der Waals surface area contributed by atoms with Crippen molar-refractivity contribution in [3.63, 3.8) is 0 Å². The first kappa shape index (κ1) is 22.5. The zero-order valence-corrected chi connectivity index (χ0v) is 19.7. The second-order valence-electron chi connectivity index (χ2n) is 10.2. The van der Waals surface area contributed by atoms with Crippen LogP contribution in [0.5, 0.6) is 0 Å². The molecule has 3 aliphatic carbocycles. The monoisotopic (exact) mass is 370 g/mol. The lowest BCUT2D eigenvalue weighted by Gasteiger charge is -2.16. The van der Waals surface area contributed by atoms with Crippen molar-refractivity contribution in [3.05, 3.63) is 33.4 Å². The lowest BCUT2D eigenvalue weighted by Crippen LogP contribution is -1.99. The quantitative estimate of drug-likeness (QED) is 0.423. The molecule has 0 fully saturated rings. The molecule has 0 N–H and O–H groups in total. The molecule has 154 valence electrons. The Morgan fingerprint density at radius 2 is 0.630 bits per heavy atom. The van der Waals surface area contributed by atoms with Crippen LogP contribution in [0.4, 0.5) is 0 Å². The molecule has 0 saturated heterocycles. The molecule has 0 spiro atoms. The summed E-state index contributed by atoms with van der Waals surface area (Å²) in [6, 6.07) is 0. The molecule has 27 heavy (non-hydrogen) atoms. The van der Waals surface area contributed by atoms with Crippen LogP contribution >= 0.6 is 0 Å². The van der Waals surface area contributed by atoms with Crippen molar-refractivity contribution in [2.24, 2.45) is 23.7 Å². The van der Waals surface area contributed by atoms with Gasteiger partial charge in [-0.3, -0.25) is 0 Å². The van der Waals surface area contributed by atoms with E-state index in [1.165, 1.54) is 57.8 Å². The fraction of sp³-hybridized carbons (Fsp3) is 0.778. The Balaban J connectivity index is 0.000000208. The second-order valence-corrected chi connectivity index (χ2v) is 10.2. The molecule has 0 heterocycles. The van der Waals surface area contributed by atoms with Gasteiger partial charge in [0.25, 0.3) is 0 Å². The van der Waals surface area contributed by atoms with Gasteiger partial charge in [0.1, 0.15) is 0 Å². The van der Waals surface area contributed by atoms with E-state index in [1.807, 2.05) is 0 Å². The normalized spacial score (nSPS) is 20.9. The second kappa shape index (κ2) is 10.1. The first-order chi connectivity index (χ1) is 12.7. The molecule has 3 rings (SSSR count). The predicted octanol–water partition coefficient (Wildman–Crippen LogP) is 9.04. The summed E-state index contributed by atoms with van der Waals surface area (Å²) < 4.78 is 0. The maximum Gasteiger partial charge on any atom is -0.0254 e. The van der Waals surface area contributed by atoms with E-state index in [9.17, 15) is 0 Å². The maximum absolute atomic E-state index is 2.37. The van der Waals surface area contributed by atoms with Crippen molar-refractivity contribution in [1.82, 2.24) is 0 Å². The molecule has 0 aromatic heterocycles. The first-order valence-electron chi connectivity index (χ1n) is 11.9. The first-order valence-corrected chi connectivity index (χ1v) is 11.9. The van der Waals surface area contributed by atoms with Gasteiger partial charge >= 0.3 is 0 Å². The third-order valence-corrected chi connectivity index (χ3v) is 6.98. The van der Waals surface area contributed by atoms with Gasteiger partial charge in [-0.05, 0) is 92.6 Å². The van der Waals surface area contributed by atoms with Gasteiger partial charge in [-0.2, -0.15) is 0 Å². The van der Waals surface area contributed by atoms with E-state index in [2.05, 4.69) is 55.4 Å². The van der Waals surface area contributed by atoms with Crippen LogP contribution in [0.2, 0.25) is 0 Å². The molecule has 0 aromatic carbocycles. The molecule has 0 amide bonds. The van der Waals surface area contributed by atoms with Gasteiger partial charge in [0.2, 0.25) is 0 Å². The largest absolute Gasteiger partial charge is 0.0682 e. The zero-order valence-electron chi connectivity index (χ0n) is 19.7. The van der Waals surface area contributed by atoms with Crippen LogP contribution in [-0.4, -0.2) is 0 Å². The Kier molecular flexibility index (Phi) is 8.44. The van der Waals surface area contributed by atoms with Crippen molar-refractivity contribution in [2.45, 2.75) is 113 Å². The highest BCUT2D eigenvalue weighted by molar-refractivity contribution is 5.44. The maximum atomic E-state index is 2.37. The average molecular weight is 371 g/mol. The Bertz CT molecular complexity index is 538. The molecule has 0 atom stereocenters. The minimum atomic E-state index is 0.763. The molecule has 0 bridgehead atoms. The van der Waals surface area contributed by atoms with E-state index in [0.717, 1.165) is 23.7 Å². The highest BCUT2D eigenvalue weighted by atomic mass is 14.3. The molecule has 0 aromatic rings. The third kappa shape index (κ3) is 5.61. The molecule has 0 radical (unpaired) electrons. The number of allylic oxidation sites excluding steroid dienone is 6. The summed E-state index contributed by atoms with van der Waals surface area (Å²) in [7, 11) is 0. The van der Waals surface area contributed by atoms with Gasteiger partial charge in [0, 0.05) is 0 Å². The van der Waals surface area contributed by atoms with Crippen LogP contribution in [0.25, 0.3) is 0 Å². The Hall–Kier alpha value is -0.780. The Labute approximate surface area is 170 Å². The van der Waals surface area contributed by atoms with E-state index in [4.69, 9.17) is 0 Å². The lowest BCUT2D eigenvalue weighted by atomic mass is 9.90. The topological polar surface area (TPSA) is 0 Å². The number of hydrogen-bond donors (Lipinski definition) is 0. The fourth-order valence-corrected chi connectivity index (χ4v) is 5.61. The van der Waals surface area contributed by atoms with Gasteiger partial charge in [-0.1, -0.05) is 77.7 Å². The standard InChI is InChI=1S/C16H26.C11H20/c1-11(2)13-7-5-9-15(13)16-10-6-8-14(16)12(3)4;1-8(2)10-6-5-7-11(10)9(3)4/h11-12H,5-10H2,1-4H3;8-9H,5-7H2,1-4H3. The van der Waals surface area contributed by atoms with Crippen LogP contribution in [0.1, 0.15) is 113 Å². The summed E-state index contributed by atoms with van der Waals surface area (Å²) in [6.45, 7) is 18.8. The predicted molar refractivity (Wildman–Crippen MR) is 122 cm³/mol. The van der Waals surface area contributed by atoms with Crippen LogP contribution in [-0.2, 0) is 0 Å². The summed E-state index contributed by atoms with van der Waals surface area (Å²) in [5.74, 6) is 3.10. The lowest BCUT2D eigenvalue weighted by molar-refractivity contribution is 0.691. The molecule has 3 aliphatic rings. The van der Waals surface area contributed by atoms with Crippen LogP contribution in [0.15, 0.2) is 33.4 Å². The summed E-state index contributed by atoms with van der Waals surface area (Å²) >= 11 is 0. The van der Waals surface area contributed by atoms with E-state index >= 15 is 0 Å². The van der Waals surface area contributed by atoms with E-state index in [-0.39, 0.29) is 0 Å². The SMILES string of the molecule is CC(C)C1=C(C(C)C)CCC1.CC(C)C1=C(C2=C(C(C)C)CCC2)CCC1. The Morgan fingerprint density at radius 3 is 0.926 bits per heavy atom. The van der Waals surface area contributed by atoms with E-state index in [1.54, 1.807) is 33.4 Å². The number of rotatable bonds is 5. The van der Waals surface area contributed by atoms with Gasteiger partial charge in [0.05, 0.1) is 0 Å². The minimum absolute atomic E-state index is 0.763. The molecule has 0 unspecified atom stereocenters. The average Bonchev–Trinajstić information content (AvgIpc) is 3.32. The third-order valence-electron chi connectivity index (χ3n) is 6.98. The van der Waals surface area contributed by atoms with Crippen molar-refractivity contribution in [3.8, 4) is 0 Å². The van der Waals surface area contributed by atoms with Crippen molar-refractivity contribution >= 4 is 0 Å². The smallest absolute Gasteiger partial charge is 0.0254 e. The number of hydrogen-bond acceptors (Lipinski definition) is 0. The van der Waals surface area contributed by atoms with E-state index < -0.39 is 0 Å². The van der Waals surface area contributed by atoms with Crippen LogP contribution < -0.4 is 0 Å². The van der Waals surface area contributed by atoms with Crippen molar-refractivity contribution < 1.29 is 0 Å².